The molecule has 0 aliphatic carbocycles. The van der Waals surface area contributed by atoms with Crippen LogP contribution in [0.15, 0.2) is 36.4 Å². The Kier molecular flexibility index (Phi) is 2.95. The van der Waals surface area contributed by atoms with Crippen LogP contribution in [0.25, 0.3) is 11.3 Å². The highest BCUT2D eigenvalue weighted by atomic mass is 16.6. The number of hydrogen-bond acceptors (Lipinski definition) is 5. The molecule has 17 heavy (non-hydrogen) atoms. The quantitative estimate of drug-likeness (QED) is 0.645. The number of nitrogens with zero attached hydrogens (tertiary/aromatic N) is 3. The number of nitro groups is 1. The summed E-state index contributed by atoms with van der Waals surface area (Å²) in [6, 6.07) is 9.80. The minimum Gasteiger partial charge on any atom is -0.372 e. The second kappa shape index (κ2) is 4.56. The van der Waals surface area contributed by atoms with E-state index in [1.165, 1.54) is 12.1 Å². The summed E-state index contributed by atoms with van der Waals surface area (Å²) in [5, 5.41) is 21.3. The fraction of sp³-hybridized carbons (Fsp3) is 0.0909. The van der Waals surface area contributed by atoms with Crippen LogP contribution in [-0.4, -0.2) is 22.2 Å². The highest BCUT2D eigenvalue weighted by Crippen LogP contribution is 2.20. The fourth-order valence-corrected chi connectivity index (χ4v) is 1.37. The van der Waals surface area contributed by atoms with Gasteiger partial charge in [0.2, 0.25) is 0 Å². The van der Waals surface area contributed by atoms with E-state index in [9.17, 15) is 10.1 Å². The molecule has 1 N–H and O–H groups in total. The Labute approximate surface area is 97.5 Å². The number of nitrogens with one attached hydrogen (secondary N) is 1. The van der Waals surface area contributed by atoms with Crippen LogP contribution in [0.2, 0.25) is 0 Å². The molecule has 1 heterocycles. The molecule has 0 saturated heterocycles. The molecule has 2 rings (SSSR count). The van der Waals surface area contributed by atoms with Gasteiger partial charge in [-0.05, 0) is 24.3 Å². The molecule has 0 radical (unpaired) electrons. The van der Waals surface area contributed by atoms with Crippen LogP contribution in [-0.2, 0) is 0 Å². The molecular formula is C11H10N4O2. The molecule has 1 aromatic carbocycles. The SMILES string of the molecule is CNc1ccc(-c2ccc([N+](=O)[O-])cc2)nn1. The van der Waals surface area contributed by atoms with Crippen LogP contribution in [0.5, 0.6) is 0 Å². The second-order valence-corrected chi connectivity index (χ2v) is 3.36. The van der Waals surface area contributed by atoms with Crippen molar-refractivity contribution in [2.75, 3.05) is 12.4 Å². The highest BCUT2D eigenvalue weighted by Gasteiger charge is 2.06. The largest absolute Gasteiger partial charge is 0.372 e. The summed E-state index contributed by atoms with van der Waals surface area (Å²) >= 11 is 0. The molecule has 0 aliphatic rings. The lowest BCUT2D eigenvalue weighted by molar-refractivity contribution is -0.384. The van der Waals surface area contributed by atoms with Gasteiger partial charge in [-0.2, -0.15) is 0 Å². The molecule has 0 saturated carbocycles. The van der Waals surface area contributed by atoms with Gasteiger partial charge in [0.1, 0.15) is 5.82 Å². The van der Waals surface area contributed by atoms with Crippen LogP contribution in [0, 0.1) is 10.1 Å². The Balaban J connectivity index is 2.29. The van der Waals surface area contributed by atoms with Crippen molar-refractivity contribution in [3.05, 3.63) is 46.5 Å². The van der Waals surface area contributed by atoms with E-state index in [0.717, 1.165) is 5.56 Å². The summed E-state index contributed by atoms with van der Waals surface area (Å²) in [5.74, 6) is 0.677. The number of anilines is 1. The molecule has 0 amide bonds. The molecule has 0 spiro atoms. The monoisotopic (exact) mass is 230 g/mol. The van der Waals surface area contributed by atoms with Gasteiger partial charge < -0.3 is 5.32 Å². The molecule has 0 bridgehead atoms. The Hall–Kier alpha value is -2.50. The first kappa shape index (κ1) is 11.0. The van der Waals surface area contributed by atoms with Crippen molar-refractivity contribution in [1.29, 1.82) is 0 Å². The van der Waals surface area contributed by atoms with Crippen LogP contribution in [0.3, 0.4) is 0 Å². The van der Waals surface area contributed by atoms with Gasteiger partial charge in [0.25, 0.3) is 5.69 Å². The number of non-ortho nitro benzene ring substituents is 1. The van der Waals surface area contributed by atoms with Crippen molar-refractivity contribution in [3.8, 4) is 11.3 Å². The van der Waals surface area contributed by atoms with Gasteiger partial charge in [-0.15, -0.1) is 10.2 Å². The van der Waals surface area contributed by atoms with E-state index in [0.29, 0.717) is 11.5 Å². The molecule has 86 valence electrons. The van der Waals surface area contributed by atoms with E-state index in [2.05, 4.69) is 15.5 Å². The maximum absolute atomic E-state index is 10.5. The molecule has 6 nitrogen and oxygen atoms in total. The van der Waals surface area contributed by atoms with Crippen LogP contribution >= 0.6 is 0 Å². The first-order valence-electron chi connectivity index (χ1n) is 4.97. The minimum absolute atomic E-state index is 0.0635. The minimum atomic E-state index is -0.431. The van der Waals surface area contributed by atoms with Crippen molar-refractivity contribution in [3.63, 3.8) is 0 Å². The molecule has 0 atom stereocenters. The van der Waals surface area contributed by atoms with Crippen molar-refractivity contribution >= 4 is 11.5 Å². The van der Waals surface area contributed by atoms with E-state index < -0.39 is 4.92 Å². The Morgan fingerprint density at radius 2 is 1.82 bits per heavy atom. The zero-order valence-corrected chi connectivity index (χ0v) is 9.12. The predicted molar refractivity (Wildman–Crippen MR) is 63.7 cm³/mol. The van der Waals surface area contributed by atoms with Crippen molar-refractivity contribution in [2.45, 2.75) is 0 Å². The topological polar surface area (TPSA) is 81.0 Å². The standard InChI is InChI=1S/C11H10N4O2/c1-12-11-7-6-10(13-14-11)8-2-4-9(5-3-8)15(16)17/h2-7H,1H3,(H,12,14). The highest BCUT2D eigenvalue weighted by molar-refractivity contribution is 5.61. The van der Waals surface area contributed by atoms with Crippen LogP contribution in [0.1, 0.15) is 0 Å². The van der Waals surface area contributed by atoms with E-state index in [1.54, 1.807) is 31.3 Å². The van der Waals surface area contributed by atoms with E-state index in [-0.39, 0.29) is 5.69 Å². The Morgan fingerprint density at radius 1 is 1.12 bits per heavy atom. The van der Waals surface area contributed by atoms with Gasteiger partial charge in [-0.3, -0.25) is 10.1 Å². The first-order valence-corrected chi connectivity index (χ1v) is 4.97. The summed E-state index contributed by atoms with van der Waals surface area (Å²) in [4.78, 5) is 10.1. The van der Waals surface area contributed by atoms with Crippen LogP contribution in [0.4, 0.5) is 11.5 Å². The lowest BCUT2D eigenvalue weighted by Crippen LogP contribution is -1.95. The number of aromatic nitrogens is 2. The first-order chi connectivity index (χ1) is 8.20. The van der Waals surface area contributed by atoms with Crippen LogP contribution < -0.4 is 5.32 Å². The molecule has 0 fully saturated rings. The Bertz CT molecular complexity index is 522. The van der Waals surface area contributed by atoms with E-state index in [1.807, 2.05) is 0 Å². The van der Waals surface area contributed by atoms with Gasteiger partial charge in [0.05, 0.1) is 10.6 Å². The number of rotatable bonds is 3. The lowest BCUT2D eigenvalue weighted by atomic mass is 10.1. The van der Waals surface area contributed by atoms with E-state index in [4.69, 9.17) is 0 Å². The van der Waals surface area contributed by atoms with E-state index >= 15 is 0 Å². The van der Waals surface area contributed by atoms with Gasteiger partial charge in [0.15, 0.2) is 0 Å². The zero-order chi connectivity index (χ0) is 12.3. The summed E-state index contributed by atoms with van der Waals surface area (Å²) in [6.07, 6.45) is 0. The summed E-state index contributed by atoms with van der Waals surface area (Å²) in [6.45, 7) is 0. The predicted octanol–water partition coefficient (Wildman–Crippen LogP) is 2.09. The molecule has 0 unspecified atom stereocenters. The van der Waals surface area contributed by atoms with Crippen molar-refractivity contribution in [2.24, 2.45) is 0 Å². The average molecular weight is 230 g/mol. The van der Waals surface area contributed by atoms with Gasteiger partial charge in [-0.1, -0.05) is 0 Å². The van der Waals surface area contributed by atoms with Gasteiger partial charge >= 0.3 is 0 Å². The van der Waals surface area contributed by atoms with Gasteiger partial charge in [0, 0.05) is 24.7 Å². The smallest absolute Gasteiger partial charge is 0.269 e. The molecule has 2 aromatic rings. The van der Waals surface area contributed by atoms with Crippen molar-refractivity contribution < 1.29 is 4.92 Å². The summed E-state index contributed by atoms with van der Waals surface area (Å²) in [5.41, 5.74) is 1.54. The fourth-order valence-electron chi connectivity index (χ4n) is 1.37. The molecular weight excluding hydrogens is 220 g/mol. The number of hydrogen-bond donors (Lipinski definition) is 1. The third-order valence-electron chi connectivity index (χ3n) is 2.29. The summed E-state index contributed by atoms with van der Waals surface area (Å²) < 4.78 is 0. The second-order valence-electron chi connectivity index (χ2n) is 3.36. The zero-order valence-electron chi connectivity index (χ0n) is 9.12. The third-order valence-corrected chi connectivity index (χ3v) is 2.29. The molecule has 1 aromatic heterocycles. The summed E-state index contributed by atoms with van der Waals surface area (Å²) in [7, 11) is 1.76. The number of benzene rings is 1. The average Bonchev–Trinajstić information content (AvgIpc) is 2.39. The third kappa shape index (κ3) is 2.36. The molecule has 0 aliphatic heterocycles. The van der Waals surface area contributed by atoms with Gasteiger partial charge in [-0.25, -0.2) is 0 Å². The normalized spacial score (nSPS) is 9.94. The maximum Gasteiger partial charge on any atom is 0.269 e. The van der Waals surface area contributed by atoms with Crippen molar-refractivity contribution in [1.82, 2.24) is 10.2 Å². The molecule has 6 heteroatoms. The lowest BCUT2D eigenvalue weighted by Gasteiger charge is -2.01. The number of nitro benzene ring substituents is 1. The maximum atomic E-state index is 10.5. The Morgan fingerprint density at radius 3 is 2.29 bits per heavy atom.